The average molecular weight is 501 g/mol. The number of hydrogen-bond acceptors (Lipinski definition) is 4. The van der Waals surface area contributed by atoms with Gasteiger partial charge in [0, 0.05) is 38.8 Å². The van der Waals surface area contributed by atoms with E-state index < -0.39 is 9.84 Å². The highest BCUT2D eigenvalue weighted by Crippen LogP contribution is 2.19. The molecule has 3 atom stereocenters. The van der Waals surface area contributed by atoms with E-state index in [4.69, 9.17) is 4.99 Å². The zero-order valence-corrected chi connectivity index (χ0v) is 19.0. The van der Waals surface area contributed by atoms with Gasteiger partial charge in [-0.3, -0.25) is 4.99 Å². The van der Waals surface area contributed by atoms with Crippen LogP contribution in [0.1, 0.15) is 33.1 Å². The van der Waals surface area contributed by atoms with Gasteiger partial charge in [0.15, 0.2) is 15.8 Å². The first kappa shape index (κ1) is 23.3. The zero-order valence-electron chi connectivity index (χ0n) is 15.8. The molecule has 0 aromatic carbocycles. The molecular formula is C16H32IN5O3S. The van der Waals surface area contributed by atoms with Gasteiger partial charge in [0.2, 0.25) is 0 Å². The zero-order chi connectivity index (χ0) is 18.4. The Morgan fingerprint density at radius 1 is 1.35 bits per heavy atom. The number of amides is 2. The summed E-state index contributed by atoms with van der Waals surface area (Å²) in [6.45, 7) is 6.27. The normalized spacial score (nSPS) is 26.1. The highest BCUT2D eigenvalue weighted by atomic mass is 127. The minimum atomic E-state index is -2.87. The van der Waals surface area contributed by atoms with Crippen molar-refractivity contribution in [2.75, 3.05) is 38.2 Å². The van der Waals surface area contributed by atoms with Crippen molar-refractivity contribution in [2.45, 2.75) is 45.2 Å². The first-order valence-electron chi connectivity index (χ1n) is 9.07. The third-order valence-corrected chi connectivity index (χ3v) is 6.70. The summed E-state index contributed by atoms with van der Waals surface area (Å²) in [7, 11) is -1.27. The van der Waals surface area contributed by atoms with E-state index in [0.717, 1.165) is 25.3 Å². The van der Waals surface area contributed by atoms with Gasteiger partial charge in [-0.25, -0.2) is 13.2 Å². The monoisotopic (exact) mass is 501 g/mol. The minimum Gasteiger partial charge on any atom is -0.354 e. The largest absolute Gasteiger partial charge is 0.354 e. The van der Waals surface area contributed by atoms with E-state index in [1.165, 1.54) is 0 Å². The number of urea groups is 1. The molecule has 2 fully saturated rings. The number of halogens is 1. The quantitative estimate of drug-likeness (QED) is 0.294. The number of likely N-dealkylation sites (tertiary alicyclic amines) is 1. The third kappa shape index (κ3) is 7.09. The van der Waals surface area contributed by atoms with Crippen LogP contribution in [0.4, 0.5) is 4.79 Å². The van der Waals surface area contributed by atoms with Crippen LogP contribution in [0.15, 0.2) is 4.99 Å². The molecule has 152 valence electrons. The predicted octanol–water partition coefficient (Wildman–Crippen LogP) is 0.787. The lowest BCUT2D eigenvalue weighted by atomic mass is 10.1. The van der Waals surface area contributed by atoms with Crippen molar-refractivity contribution in [1.29, 1.82) is 0 Å². The molecule has 0 radical (unpaired) electrons. The Hall–Kier alpha value is -0.780. The van der Waals surface area contributed by atoms with Crippen LogP contribution in [0.25, 0.3) is 0 Å². The number of aliphatic imine (C=N–C) groups is 1. The Morgan fingerprint density at radius 3 is 2.65 bits per heavy atom. The van der Waals surface area contributed by atoms with Gasteiger partial charge < -0.3 is 20.9 Å². The number of carbonyl (C=O) groups is 1. The highest BCUT2D eigenvalue weighted by Gasteiger charge is 2.29. The minimum absolute atomic E-state index is 0. The van der Waals surface area contributed by atoms with E-state index in [9.17, 15) is 13.2 Å². The molecule has 2 aliphatic heterocycles. The second-order valence-electron chi connectivity index (χ2n) is 7.04. The number of sulfone groups is 1. The number of nitrogens with one attached hydrogen (secondary N) is 3. The van der Waals surface area contributed by atoms with Crippen LogP contribution in [0.2, 0.25) is 0 Å². The number of guanidine groups is 1. The first-order chi connectivity index (χ1) is 11.8. The summed E-state index contributed by atoms with van der Waals surface area (Å²) in [5.74, 6) is 1.46. The van der Waals surface area contributed by atoms with Crippen LogP contribution >= 0.6 is 24.0 Å². The molecule has 3 unspecified atom stereocenters. The average Bonchev–Trinajstić information content (AvgIpc) is 3.17. The van der Waals surface area contributed by atoms with Crippen LogP contribution in [-0.2, 0) is 9.84 Å². The number of rotatable bonds is 5. The lowest BCUT2D eigenvalue weighted by molar-refractivity contribution is 0.239. The summed E-state index contributed by atoms with van der Waals surface area (Å²) in [4.78, 5) is 18.3. The molecule has 2 heterocycles. The second kappa shape index (κ2) is 10.5. The smallest absolute Gasteiger partial charge is 0.314 e. The molecule has 8 nitrogen and oxygen atoms in total. The van der Waals surface area contributed by atoms with E-state index in [2.05, 4.69) is 34.7 Å². The van der Waals surface area contributed by atoms with Crippen LogP contribution in [0.3, 0.4) is 0 Å². The SMILES string of the molecule is CCC(C)NC(=NCC1CCS(=O)(=O)C1)N1CCC(NC(=O)NC)C1.I. The van der Waals surface area contributed by atoms with Gasteiger partial charge >= 0.3 is 6.03 Å². The molecule has 0 saturated carbocycles. The van der Waals surface area contributed by atoms with Crippen molar-refractivity contribution in [3.8, 4) is 0 Å². The van der Waals surface area contributed by atoms with E-state index in [-0.39, 0.29) is 59.5 Å². The molecule has 2 saturated heterocycles. The van der Waals surface area contributed by atoms with Gasteiger partial charge in [0.25, 0.3) is 0 Å². The molecule has 2 aliphatic rings. The van der Waals surface area contributed by atoms with Gasteiger partial charge in [-0.15, -0.1) is 24.0 Å². The summed E-state index contributed by atoms with van der Waals surface area (Å²) in [6, 6.07) is 0.212. The third-order valence-electron chi connectivity index (χ3n) is 4.86. The molecule has 26 heavy (non-hydrogen) atoms. The molecular weight excluding hydrogens is 469 g/mol. The molecule has 0 bridgehead atoms. The van der Waals surface area contributed by atoms with Gasteiger partial charge in [0.05, 0.1) is 11.5 Å². The van der Waals surface area contributed by atoms with Gasteiger partial charge in [-0.1, -0.05) is 6.92 Å². The van der Waals surface area contributed by atoms with Crippen molar-refractivity contribution >= 4 is 45.8 Å². The summed E-state index contributed by atoms with van der Waals surface area (Å²) in [5, 5.41) is 8.95. The van der Waals surface area contributed by atoms with Crippen molar-refractivity contribution in [3.63, 3.8) is 0 Å². The van der Waals surface area contributed by atoms with Gasteiger partial charge in [0.1, 0.15) is 0 Å². The molecule has 3 N–H and O–H groups in total. The van der Waals surface area contributed by atoms with Gasteiger partial charge in [-0.05, 0) is 32.1 Å². The first-order valence-corrected chi connectivity index (χ1v) is 10.9. The van der Waals surface area contributed by atoms with Crippen LogP contribution in [0, 0.1) is 5.92 Å². The molecule has 10 heteroatoms. The Kier molecular flexibility index (Phi) is 9.42. The topological polar surface area (TPSA) is 103 Å². The number of carbonyl (C=O) groups excluding carboxylic acids is 1. The molecule has 0 spiro atoms. The van der Waals surface area contributed by atoms with Gasteiger partial charge in [-0.2, -0.15) is 0 Å². The van der Waals surface area contributed by atoms with E-state index in [1.807, 2.05) is 0 Å². The maximum Gasteiger partial charge on any atom is 0.314 e. The highest BCUT2D eigenvalue weighted by molar-refractivity contribution is 14.0. The molecule has 2 amide bonds. The van der Waals surface area contributed by atoms with Crippen LogP contribution < -0.4 is 16.0 Å². The Bertz CT molecular complexity index is 599. The Morgan fingerprint density at radius 2 is 2.08 bits per heavy atom. The van der Waals surface area contributed by atoms with Crippen LogP contribution in [-0.4, -0.2) is 75.6 Å². The molecule has 0 aromatic heterocycles. The maximum absolute atomic E-state index is 11.6. The summed E-state index contributed by atoms with van der Waals surface area (Å²) < 4.78 is 23.2. The fraction of sp³-hybridized carbons (Fsp3) is 0.875. The van der Waals surface area contributed by atoms with Crippen molar-refractivity contribution in [2.24, 2.45) is 10.9 Å². The van der Waals surface area contributed by atoms with E-state index in [1.54, 1.807) is 7.05 Å². The van der Waals surface area contributed by atoms with Crippen molar-refractivity contribution in [1.82, 2.24) is 20.9 Å². The van der Waals surface area contributed by atoms with E-state index in [0.29, 0.717) is 19.5 Å². The standard InChI is InChI=1S/C16H31N5O3S.HI/c1-4-12(2)19-15(18-9-13-6-8-25(23,24)11-13)21-7-5-14(10-21)20-16(22)17-3;/h12-14H,4-11H2,1-3H3,(H,18,19)(H2,17,20,22);1H. The summed E-state index contributed by atoms with van der Waals surface area (Å²) >= 11 is 0. The molecule has 0 aliphatic carbocycles. The maximum atomic E-state index is 11.6. The second-order valence-corrected chi connectivity index (χ2v) is 9.27. The summed E-state index contributed by atoms with van der Waals surface area (Å²) in [5.41, 5.74) is 0. The lowest BCUT2D eigenvalue weighted by Crippen LogP contribution is -2.47. The van der Waals surface area contributed by atoms with E-state index >= 15 is 0 Å². The van der Waals surface area contributed by atoms with Crippen molar-refractivity contribution in [3.05, 3.63) is 0 Å². The predicted molar refractivity (Wildman–Crippen MR) is 115 cm³/mol. The number of nitrogens with zero attached hydrogens (tertiary/aromatic N) is 2. The number of hydrogen-bond donors (Lipinski definition) is 3. The fourth-order valence-electron chi connectivity index (χ4n) is 3.12. The Balaban J connectivity index is 0.00000338. The summed E-state index contributed by atoms with van der Waals surface area (Å²) in [6.07, 6.45) is 2.54. The molecule has 2 rings (SSSR count). The lowest BCUT2D eigenvalue weighted by Gasteiger charge is -2.25. The molecule has 0 aromatic rings. The van der Waals surface area contributed by atoms with Crippen LogP contribution in [0.5, 0.6) is 0 Å². The fourth-order valence-corrected chi connectivity index (χ4v) is 4.97. The Labute approximate surface area is 173 Å². The van der Waals surface area contributed by atoms with Crippen molar-refractivity contribution < 1.29 is 13.2 Å².